The van der Waals surface area contributed by atoms with Gasteiger partial charge in [-0.15, -0.1) is 0 Å². The topological polar surface area (TPSA) is 84.2 Å². The van der Waals surface area contributed by atoms with Crippen molar-refractivity contribution in [2.75, 3.05) is 5.32 Å². The fourth-order valence-electron chi connectivity index (χ4n) is 2.11. The van der Waals surface area contributed by atoms with E-state index in [9.17, 15) is 9.59 Å². The van der Waals surface area contributed by atoms with E-state index >= 15 is 0 Å². The van der Waals surface area contributed by atoms with Gasteiger partial charge in [0.1, 0.15) is 0 Å². The Morgan fingerprint density at radius 3 is 2.94 bits per heavy atom. The highest BCUT2D eigenvalue weighted by atomic mass is 16.2. The quantitative estimate of drug-likeness (QED) is 0.715. The van der Waals surface area contributed by atoms with Gasteiger partial charge in [0.25, 0.3) is 0 Å². The molecule has 5 heteroatoms. The average Bonchev–Trinajstić information content (AvgIpc) is 2.98. The van der Waals surface area contributed by atoms with Gasteiger partial charge < -0.3 is 16.4 Å². The van der Waals surface area contributed by atoms with Gasteiger partial charge >= 0.3 is 0 Å². The van der Waals surface area contributed by atoms with Gasteiger partial charge in [-0.05, 0) is 30.0 Å². The molecule has 1 aliphatic heterocycles. The average molecular weight is 245 g/mol. The van der Waals surface area contributed by atoms with E-state index in [0.29, 0.717) is 13.0 Å². The molecule has 18 heavy (non-hydrogen) atoms. The summed E-state index contributed by atoms with van der Waals surface area (Å²) in [6, 6.07) is 5.72. The van der Waals surface area contributed by atoms with Gasteiger partial charge in [-0.3, -0.25) is 9.59 Å². The monoisotopic (exact) mass is 245 g/mol. The molecule has 5 nitrogen and oxygen atoms in total. The van der Waals surface area contributed by atoms with Gasteiger partial charge in [0.15, 0.2) is 0 Å². The van der Waals surface area contributed by atoms with E-state index < -0.39 is 5.54 Å². The predicted octanol–water partition coefficient (Wildman–Crippen LogP) is 0.289. The van der Waals surface area contributed by atoms with Crippen LogP contribution in [0.1, 0.15) is 24.0 Å². The molecule has 1 aliphatic carbocycles. The summed E-state index contributed by atoms with van der Waals surface area (Å²) in [4.78, 5) is 22.9. The molecule has 2 amide bonds. The van der Waals surface area contributed by atoms with Crippen molar-refractivity contribution in [3.8, 4) is 0 Å². The number of amides is 2. The second-order valence-electron chi connectivity index (χ2n) is 5.06. The minimum Gasteiger partial charge on any atom is -0.350 e. The maximum absolute atomic E-state index is 11.7. The zero-order valence-corrected chi connectivity index (χ0v) is 9.95. The second kappa shape index (κ2) is 3.81. The van der Waals surface area contributed by atoms with Crippen LogP contribution in [0, 0.1) is 0 Å². The fourth-order valence-corrected chi connectivity index (χ4v) is 2.11. The van der Waals surface area contributed by atoms with Gasteiger partial charge in [-0.25, -0.2) is 0 Å². The lowest BCUT2D eigenvalue weighted by Crippen LogP contribution is -2.42. The molecule has 1 fully saturated rings. The normalized spacial score (nSPS) is 19.1. The molecule has 1 aromatic rings. The highest BCUT2D eigenvalue weighted by Gasteiger charge is 2.45. The number of rotatable bonds is 3. The molecule has 94 valence electrons. The van der Waals surface area contributed by atoms with E-state index in [2.05, 4.69) is 10.6 Å². The van der Waals surface area contributed by atoms with Gasteiger partial charge in [0.2, 0.25) is 11.8 Å². The third-order valence-corrected chi connectivity index (χ3v) is 3.49. The molecule has 0 aromatic heterocycles. The van der Waals surface area contributed by atoms with Crippen molar-refractivity contribution in [1.29, 1.82) is 0 Å². The first-order valence-electron chi connectivity index (χ1n) is 6.06. The van der Waals surface area contributed by atoms with Crippen molar-refractivity contribution in [2.24, 2.45) is 5.73 Å². The summed E-state index contributed by atoms with van der Waals surface area (Å²) < 4.78 is 0. The van der Waals surface area contributed by atoms with Gasteiger partial charge in [0, 0.05) is 12.2 Å². The lowest BCUT2D eigenvalue weighted by molar-refractivity contribution is -0.123. The molecule has 4 N–H and O–H groups in total. The van der Waals surface area contributed by atoms with Crippen molar-refractivity contribution in [3.63, 3.8) is 0 Å². The Kier molecular flexibility index (Phi) is 2.38. The van der Waals surface area contributed by atoms with Crippen molar-refractivity contribution >= 4 is 17.5 Å². The van der Waals surface area contributed by atoms with E-state index in [-0.39, 0.29) is 11.8 Å². The number of benzene rings is 1. The molecule has 1 saturated carbocycles. The second-order valence-corrected chi connectivity index (χ2v) is 5.06. The number of carbonyl (C=O) groups excluding carboxylic acids is 2. The number of hydrogen-bond acceptors (Lipinski definition) is 3. The standard InChI is InChI=1S/C13H15N3O2/c14-13(3-4-13)12(18)15-7-8-1-2-10-9(5-8)6-11(17)16-10/h1-2,5H,3-4,6-7,14H2,(H,15,18)(H,16,17). The SMILES string of the molecule is NC1(C(=O)NCc2ccc3c(c2)CC(=O)N3)CC1. The van der Waals surface area contributed by atoms with E-state index in [4.69, 9.17) is 5.73 Å². The smallest absolute Gasteiger partial charge is 0.240 e. The van der Waals surface area contributed by atoms with Crippen molar-refractivity contribution < 1.29 is 9.59 Å². The third kappa shape index (κ3) is 1.97. The minimum atomic E-state index is -0.631. The maximum atomic E-state index is 11.7. The number of hydrogen-bond donors (Lipinski definition) is 3. The van der Waals surface area contributed by atoms with Crippen LogP contribution in [0.15, 0.2) is 18.2 Å². The van der Waals surface area contributed by atoms with Crippen molar-refractivity contribution in [3.05, 3.63) is 29.3 Å². The number of nitrogens with one attached hydrogen (secondary N) is 2. The van der Waals surface area contributed by atoms with Crippen molar-refractivity contribution in [1.82, 2.24) is 5.32 Å². The molecule has 0 spiro atoms. The number of anilines is 1. The zero-order chi connectivity index (χ0) is 12.8. The largest absolute Gasteiger partial charge is 0.350 e. The van der Waals surface area contributed by atoms with Crippen LogP contribution >= 0.6 is 0 Å². The first-order valence-corrected chi connectivity index (χ1v) is 6.06. The number of nitrogens with two attached hydrogens (primary N) is 1. The Morgan fingerprint density at radius 2 is 2.22 bits per heavy atom. The highest BCUT2D eigenvalue weighted by Crippen LogP contribution is 2.32. The van der Waals surface area contributed by atoms with Crippen LogP contribution in [0.2, 0.25) is 0 Å². The first kappa shape index (κ1) is 11.2. The van der Waals surface area contributed by atoms with Crippen LogP contribution in [0.5, 0.6) is 0 Å². The van der Waals surface area contributed by atoms with E-state index in [1.54, 1.807) is 0 Å². The van der Waals surface area contributed by atoms with E-state index in [1.807, 2.05) is 18.2 Å². The van der Waals surface area contributed by atoms with Gasteiger partial charge in [0.05, 0.1) is 12.0 Å². The third-order valence-electron chi connectivity index (χ3n) is 3.49. The molecule has 0 atom stereocenters. The Balaban J connectivity index is 1.65. The Hall–Kier alpha value is -1.88. The summed E-state index contributed by atoms with van der Waals surface area (Å²) in [7, 11) is 0. The molecule has 1 aromatic carbocycles. The highest BCUT2D eigenvalue weighted by molar-refractivity contribution is 5.99. The summed E-state index contributed by atoms with van der Waals surface area (Å²) in [5.41, 5.74) is 8.01. The first-order chi connectivity index (χ1) is 8.57. The summed E-state index contributed by atoms with van der Waals surface area (Å²) in [5, 5.41) is 5.61. The Morgan fingerprint density at radius 1 is 1.44 bits per heavy atom. The lowest BCUT2D eigenvalue weighted by atomic mass is 10.1. The van der Waals surface area contributed by atoms with E-state index in [1.165, 1.54) is 0 Å². The summed E-state index contributed by atoms with van der Waals surface area (Å²) in [6.07, 6.45) is 1.95. The molecule has 2 aliphatic rings. The Bertz CT molecular complexity index is 535. The van der Waals surface area contributed by atoms with Gasteiger partial charge in [-0.1, -0.05) is 12.1 Å². The lowest BCUT2D eigenvalue weighted by Gasteiger charge is -2.10. The van der Waals surface area contributed by atoms with Crippen LogP contribution in [-0.4, -0.2) is 17.4 Å². The van der Waals surface area contributed by atoms with Crippen LogP contribution in [0.4, 0.5) is 5.69 Å². The van der Waals surface area contributed by atoms with E-state index in [0.717, 1.165) is 29.7 Å². The molecular weight excluding hydrogens is 230 g/mol. The predicted molar refractivity (Wildman–Crippen MR) is 66.8 cm³/mol. The maximum Gasteiger partial charge on any atom is 0.240 e. The van der Waals surface area contributed by atoms with Gasteiger partial charge in [-0.2, -0.15) is 0 Å². The minimum absolute atomic E-state index is 0.0186. The van der Waals surface area contributed by atoms with Crippen LogP contribution in [0.3, 0.4) is 0 Å². The molecule has 0 saturated heterocycles. The number of fused-ring (bicyclic) bond motifs is 1. The molecule has 3 rings (SSSR count). The molecular formula is C13H15N3O2. The number of carbonyl (C=O) groups is 2. The summed E-state index contributed by atoms with van der Waals surface area (Å²) in [6.45, 7) is 0.458. The summed E-state index contributed by atoms with van der Waals surface area (Å²) >= 11 is 0. The van der Waals surface area contributed by atoms with Crippen LogP contribution in [0.25, 0.3) is 0 Å². The molecule has 0 bridgehead atoms. The Labute approximate surface area is 105 Å². The molecule has 1 heterocycles. The summed E-state index contributed by atoms with van der Waals surface area (Å²) in [5.74, 6) is -0.0673. The van der Waals surface area contributed by atoms with Crippen molar-refractivity contribution in [2.45, 2.75) is 31.3 Å². The molecule has 0 unspecified atom stereocenters. The molecule has 0 radical (unpaired) electrons. The fraction of sp³-hybridized carbons (Fsp3) is 0.385. The van der Waals surface area contributed by atoms with Crippen LogP contribution < -0.4 is 16.4 Å². The zero-order valence-electron chi connectivity index (χ0n) is 9.95. The van der Waals surface area contributed by atoms with Crippen LogP contribution in [-0.2, 0) is 22.6 Å².